The number of nitrogens with zero attached hydrogens (tertiary/aromatic N) is 2. The number of aromatic nitrogens is 2. The summed E-state index contributed by atoms with van der Waals surface area (Å²) in [5.41, 5.74) is 0.419. The van der Waals surface area contributed by atoms with Crippen LogP contribution >= 0.6 is 23.2 Å². The second kappa shape index (κ2) is 6.81. The topological polar surface area (TPSA) is 70.5 Å². The van der Waals surface area contributed by atoms with Crippen LogP contribution in [0.1, 0.15) is 15.9 Å². The smallest absolute Gasteiger partial charge is 0.223 e. The zero-order chi connectivity index (χ0) is 16.3. The van der Waals surface area contributed by atoms with Gasteiger partial charge in [-0.15, -0.1) is 0 Å². The van der Waals surface area contributed by atoms with Crippen LogP contribution in [0.25, 0.3) is 0 Å². The van der Waals surface area contributed by atoms with E-state index in [1.165, 1.54) is 39.7 Å². The van der Waals surface area contributed by atoms with Crippen molar-refractivity contribution in [1.82, 2.24) is 9.97 Å². The van der Waals surface area contributed by atoms with Crippen LogP contribution in [0.5, 0.6) is 17.2 Å². The summed E-state index contributed by atoms with van der Waals surface area (Å²) in [6.07, 6.45) is 1.27. The van der Waals surface area contributed by atoms with Crippen molar-refractivity contribution in [3.63, 3.8) is 0 Å². The molecule has 0 fully saturated rings. The normalized spacial score (nSPS) is 10.2. The number of ketones is 1. The van der Waals surface area contributed by atoms with E-state index in [2.05, 4.69) is 9.97 Å². The molecule has 0 bridgehead atoms. The fraction of sp³-hybridized carbons (Fsp3) is 0.214. The minimum absolute atomic E-state index is 0.0289. The summed E-state index contributed by atoms with van der Waals surface area (Å²) in [7, 11) is 4.40. The van der Waals surface area contributed by atoms with E-state index in [0.717, 1.165) is 0 Å². The van der Waals surface area contributed by atoms with Crippen LogP contribution in [0.3, 0.4) is 0 Å². The van der Waals surface area contributed by atoms with Gasteiger partial charge < -0.3 is 14.2 Å². The summed E-state index contributed by atoms with van der Waals surface area (Å²) in [5.74, 6) is 0.716. The van der Waals surface area contributed by atoms with Crippen LogP contribution < -0.4 is 14.2 Å². The Morgan fingerprint density at radius 2 is 1.64 bits per heavy atom. The molecule has 0 radical (unpaired) electrons. The lowest BCUT2D eigenvalue weighted by Crippen LogP contribution is -2.06. The van der Waals surface area contributed by atoms with Crippen molar-refractivity contribution in [3.8, 4) is 17.2 Å². The molecule has 0 N–H and O–H groups in total. The van der Waals surface area contributed by atoms with E-state index in [0.29, 0.717) is 22.8 Å². The Bertz CT molecular complexity index is 697. The molecule has 1 heterocycles. The first-order valence-corrected chi connectivity index (χ1v) is 6.80. The fourth-order valence-electron chi connectivity index (χ4n) is 1.86. The van der Waals surface area contributed by atoms with E-state index in [1.807, 2.05) is 0 Å². The molecule has 0 aliphatic rings. The maximum atomic E-state index is 12.6. The molecule has 0 unspecified atom stereocenters. The van der Waals surface area contributed by atoms with Crippen LogP contribution in [0.2, 0.25) is 10.4 Å². The number of rotatable bonds is 5. The Kier molecular flexibility index (Phi) is 5.05. The molecule has 6 nitrogen and oxygen atoms in total. The number of hydrogen-bond acceptors (Lipinski definition) is 6. The van der Waals surface area contributed by atoms with Gasteiger partial charge in [0.2, 0.25) is 11.0 Å². The molecule has 0 saturated carbocycles. The van der Waals surface area contributed by atoms with Crippen LogP contribution in [-0.2, 0) is 0 Å². The van der Waals surface area contributed by atoms with Gasteiger partial charge in [0, 0.05) is 11.8 Å². The lowest BCUT2D eigenvalue weighted by Gasteiger charge is -2.13. The summed E-state index contributed by atoms with van der Waals surface area (Å²) in [6, 6.07) is 3.04. The Morgan fingerprint density at radius 3 is 2.09 bits per heavy atom. The highest BCUT2D eigenvalue weighted by atomic mass is 35.5. The number of carbonyl (C=O) groups is 1. The van der Waals surface area contributed by atoms with Gasteiger partial charge in [-0.1, -0.05) is 11.6 Å². The van der Waals surface area contributed by atoms with Gasteiger partial charge in [0.25, 0.3) is 0 Å². The van der Waals surface area contributed by atoms with Crippen LogP contribution in [-0.4, -0.2) is 37.1 Å². The maximum absolute atomic E-state index is 12.6. The number of methoxy groups -OCH3 is 3. The SMILES string of the molecule is COc1cc(C(=O)c2cnc(Cl)nc2Cl)cc(OC)c1OC. The summed E-state index contributed by atoms with van der Waals surface area (Å²) >= 11 is 11.6. The average molecular weight is 343 g/mol. The van der Waals surface area contributed by atoms with E-state index < -0.39 is 0 Å². The van der Waals surface area contributed by atoms with Crippen molar-refractivity contribution in [2.45, 2.75) is 0 Å². The molecule has 22 heavy (non-hydrogen) atoms. The zero-order valence-corrected chi connectivity index (χ0v) is 13.5. The molecule has 1 aromatic carbocycles. The molecular weight excluding hydrogens is 331 g/mol. The van der Waals surface area contributed by atoms with Gasteiger partial charge in [0.05, 0.1) is 26.9 Å². The van der Waals surface area contributed by atoms with Gasteiger partial charge in [-0.05, 0) is 23.7 Å². The van der Waals surface area contributed by atoms with Crippen molar-refractivity contribution >= 4 is 29.0 Å². The van der Waals surface area contributed by atoms with Gasteiger partial charge in [-0.3, -0.25) is 4.79 Å². The molecule has 1 aromatic heterocycles. The Labute approximate surface area is 136 Å². The molecule has 0 aliphatic carbocycles. The van der Waals surface area contributed by atoms with Crippen molar-refractivity contribution in [1.29, 1.82) is 0 Å². The van der Waals surface area contributed by atoms with E-state index in [1.54, 1.807) is 0 Å². The number of ether oxygens (including phenoxy) is 3. The summed E-state index contributed by atoms with van der Waals surface area (Å²) in [6.45, 7) is 0. The number of hydrogen-bond donors (Lipinski definition) is 0. The van der Waals surface area contributed by atoms with Crippen LogP contribution in [0.4, 0.5) is 0 Å². The summed E-state index contributed by atoms with van der Waals surface area (Å²) < 4.78 is 15.6. The maximum Gasteiger partial charge on any atom is 0.223 e. The summed E-state index contributed by atoms with van der Waals surface area (Å²) in [5, 5.41) is -0.0646. The average Bonchev–Trinajstić information content (AvgIpc) is 2.52. The van der Waals surface area contributed by atoms with Gasteiger partial charge >= 0.3 is 0 Å². The highest BCUT2D eigenvalue weighted by Gasteiger charge is 2.20. The third-order valence-corrected chi connectivity index (χ3v) is 3.35. The Hall–Kier alpha value is -2.05. The van der Waals surface area contributed by atoms with Gasteiger partial charge in [-0.25, -0.2) is 9.97 Å². The minimum Gasteiger partial charge on any atom is -0.493 e. The molecule has 0 aliphatic heterocycles. The number of carbonyl (C=O) groups excluding carboxylic acids is 1. The Morgan fingerprint density at radius 1 is 1.05 bits per heavy atom. The largest absolute Gasteiger partial charge is 0.493 e. The monoisotopic (exact) mass is 342 g/mol. The first kappa shape index (κ1) is 16.3. The zero-order valence-electron chi connectivity index (χ0n) is 12.0. The quantitative estimate of drug-likeness (QED) is 0.472. The second-order valence-electron chi connectivity index (χ2n) is 4.09. The third-order valence-electron chi connectivity index (χ3n) is 2.88. The molecule has 116 valence electrons. The third kappa shape index (κ3) is 3.08. The van der Waals surface area contributed by atoms with E-state index in [-0.39, 0.29) is 21.8 Å². The Balaban J connectivity index is 2.54. The van der Waals surface area contributed by atoms with Crippen molar-refractivity contribution in [2.24, 2.45) is 0 Å². The molecule has 2 rings (SSSR count). The van der Waals surface area contributed by atoms with Crippen LogP contribution in [0.15, 0.2) is 18.3 Å². The molecule has 2 aromatic rings. The van der Waals surface area contributed by atoms with Crippen molar-refractivity contribution in [3.05, 3.63) is 39.9 Å². The molecule has 8 heteroatoms. The highest BCUT2D eigenvalue weighted by Crippen LogP contribution is 2.38. The molecule has 0 atom stereocenters. The molecule has 0 saturated heterocycles. The van der Waals surface area contributed by atoms with E-state index >= 15 is 0 Å². The van der Waals surface area contributed by atoms with Gasteiger partial charge in [0.15, 0.2) is 17.3 Å². The highest BCUT2D eigenvalue weighted by molar-refractivity contribution is 6.35. The first-order valence-electron chi connectivity index (χ1n) is 6.04. The van der Waals surface area contributed by atoms with Crippen molar-refractivity contribution < 1.29 is 19.0 Å². The van der Waals surface area contributed by atoms with E-state index in [9.17, 15) is 4.79 Å². The van der Waals surface area contributed by atoms with Crippen LogP contribution in [0, 0.1) is 0 Å². The molecule has 0 amide bonds. The predicted octanol–water partition coefficient (Wildman–Crippen LogP) is 3.04. The second-order valence-corrected chi connectivity index (χ2v) is 4.78. The lowest BCUT2D eigenvalue weighted by molar-refractivity contribution is 0.103. The predicted molar refractivity (Wildman–Crippen MR) is 81.6 cm³/mol. The molecule has 0 spiro atoms. The standard InChI is InChI=1S/C14H12Cl2N2O4/c1-20-9-4-7(5-10(21-2)12(9)22-3)11(19)8-6-17-14(16)18-13(8)15/h4-6H,1-3H3. The van der Waals surface area contributed by atoms with Gasteiger partial charge in [0.1, 0.15) is 5.15 Å². The number of benzene rings is 1. The lowest BCUT2D eigenvalue weighted by atomic mass is 10.0. The fourth-order valence-corrected chi connectivity index (χ4v) is 2.25. The minimum atomic E-state index is -0.388. The molecular formula is C14H12Cl2N2O4. The number of halogens is 2. The van der Waals surface area contributed by atoms with E-state index in [4.69, 9.17) is 37.4 Å². The summed E-state index contributed by atoms with van der Waals surface area (Å²) in [4.78, 5) is 20.1. The first-order chi connectivity index (χ1) is 10.5. The van der Waals surface area contributed by atoms with Gasteiger partial charge in [-0.2, -0.15) is 0 Å². The van der Waals surface area contributed by atoms with Crippen molar-refractivity contribution in [2.75, 3.05) is 21.3 Å².